The number of rotatable bonds is 5. The van der Waals surface area contributed by atoms with Crippen molar-refractivity contribution < 1.29 is 4.92 Å². The highest BCUT2D eigenvalue weighted by atomic mass is 32.1. The maximum absolute atomic E-state index is 11.0. The molecular formula is C15H12N4O2S. The lowest BCUT2D eigenvalue weighted by atomic mass is 10.2. The monoisotopic (exact) mass is 312 g/mol. The van der Waals surface area contributed by atoms with E-state index in [0.29, 0.717) is 23.1 Å². The summed E-state index contributed by atoms with van der Waals surface area (Å²) in [5, 5.41) is 14.7. The van der Waals surface area contributed by atoms with Gasteiger partial charge in [-0.2, -0.15) is 9.36 Å². The summed E-state index contributed by atoms with van der Waals surface area (Å²) in [6, 6.07) is 16.3. The van der Waals surface area contributed by atoms with Crippen LogP contribution in [0.2, 0.25) is 0 Å². The summed E-state index contributed by atoms with van der Waals surface area (Å²) >= 11 is 1.24. The highest BCUT2D eigenvalue weighted by molar-refractivity contribution is 7.09. The van der Waals surface area contributed by atoms with E-state index in [2.05, 4.69) is 14.7 Å². The number of benzene rings is 2. The van der Waals surface area contributed by atoms with Gasteiger partial charge in [-0.1, -0.05) is 48.5 Å². The Morgan fingerprint density at radius 3 is 2.59 bits per heavy atom. The van der Waals surface area contributed by atoms with E-state index in [0.717, 1.165) is 5.56 Å². The van der Waals surface area contributed by atoms with Crippen molar-refractivity contribution in [3.63, 3.8) is 0 Å². The Bertz CT molecular complexity index is 789. The molecule has 2 aromatic carbocycles. The summed E-state index contributed by atoms with van der Waals surface area (Å²) in [7, 11) is 0. The Labute approximate surface area is 130 Å². The van der Waals surface area contributed by atoms with Gasteiger partial charge < -0.3 is 5.32 Å². The maximum atomic E-state index is 11.0. The molecule has 22 heavy (non-hydrogen) atoms. The third-order valence-electron chi connectivity index (χ3n) is 3.08. The molecule has 1 aromatic heterocycles. The Balaban J connectivity index is 1.73. The molecule has 3 aromatic rings. The molecule has 110 valence electrons. The first kappa shape index (κ1) is 14.2. The van der Waals surface area contributed by atoms with Gasteiger partial charge in [-0.25, -0.2) is 0 Å². The smallest absolute Gasteiger partial charge is 0.274 e. The summed E-state index contributed by atoms with van der Waals surface area (Å²) in [6.07, 6.45) is 0. The Hall–Kier alpha value is -2.80. The zero-order chi connectivity index (χ0) is 15.4. The van der Waals surface area contributed by atoms with Crippen LogP contribution in [0, 0.1) is 10.1 Å². The van der Waals surface area contributed by atoms with Crippen LogP contribution in [0.4, 0.5) is 10.8 Å². The lowest BCUT2D eigenvalue weighted by Gasteiger charge is -2.03. The van der Waals surface area contributed by atoms with Crippen LogP contribution in [0.5, 0.6) is 0 Å². The molecule has 3 rings (SSSR count). The van der Waals surface area contributed by atoms with Crippen LogP contribution in [0.15, 0.2) is 54.6 Å². The number of hydrogen-bond acceptors (Lipinski definition) is 6. The van der Waals surface area contributed by atoms with Crippen LogP contribution in [0.25, 0.3) is 11.4 Å². The summed E-state index contributed by atoms with van der Waals surface area (Å²) in [5.74, 6) is 0.649. The average molecular weight is 312 g/mol. The van der Waals surface area contributed by atoms with Gasteiger partial charge in [-0.05, 0) is 0 Å². The first-order valence-corrected chi connectivity index (χ1v) is 7.36. The SMILES string of the molecule is O=[N+]([O-])c1ccccc1CNc1nc(-c2ccccc2)ns1. The van der Waals surface area contributed by atoms with Crippen LogP contribution >= 0.6 is 11.5 Å². The quantitative estimate of drug-likeness (QED) is 0.573. The molecule has 7 heteroatoms. The first-order chi connectivity index (χ1) is 10.7. The van der Waals surface area contributed by atoms with E-state index in [1.54, 1.807) is 18.2 Å². The second-order valence-electron chi connectivity index (χ2n) is 4.53. The minimum Gasteiger partial charge on any atom is -0.356 e. The second-order valence-corrected chi connectivity index (χ2v) is 5.28. The lowest BCUT2D eigenvalue weighted by Crippen LogP contribution is -2.02. The fraction of sp³-hybridized carbons (Fsp3) is 0.0667. The average Bonchev–Trinajstić information content (AvgIpc) is 3.03. The van der Waals surface area contributed by atoms with Crippen molar-refractivity contribution in [2.75, 3.05) is 5.32 Å². The van der Waals surface area contributed by atoms with Crippen LogP contribution in [0.1, 0.15) is 5.56 Å². The van der Waals surface area contributed by atoms with Gasteiger partial charge in [0.2, 0.25) is 5.13 Å². The fourth-order valence-corrected chi connectivity index (χ4v) is 2.59. The van der Waals surface area contributed by atoms with Crippen LogP contribution in [-0.2, 0) is 6.54 Å². The number of anilines is 1. The normalized spacial score (nSPS) is 10.4. The van der Waals surface area contributed by atoms with Crippen LogP contribution in [0.3, 0.4) is 0 Å². The van der Waals surface area contributed by atoms with Gasteiger partial charge in [-0.15, -0.1) is 0 Å². The molecule has 0 saturated carbocycles. The van der Waals surface area contributed by atoms with E-state index in [1.807, 2.05) is 30.3 Å². The van der Waals surface area contributed by atoms with E-state index in [1.165, 1.54) is 17.6 Å². The summed E-state index contributed by atoms with van der Waals surface area (Å²) in [6.45, 7) is 0.334. The first-order valence-electron chi connectivity index (χ1n) is 6.59. The molecule has 0 radical (unpaired) electrons. The molecule has 0 aliphatic carbocycles. The Morgan fingerprint density at radius 1 is 1.09 bits per heavy atom. The molecule has 0 saturated heterocycles. The van der Waals surface area contributed by atoms with Crippen molar-refractivity contribution >= 4 is 22.4 Å². The number of nitrogens with one attached hydrogen (secondary N) is 1. The molecule has 0 spiro atoms. The number of para-hydroxylation sites is 1. The highest BCUT2D eigenvalue weighted by Gasteiger charge is 2.13. The fourth-order valence-electron chi connectivity index (χ4n) is 2.01. The molecule has 0 fully saturated rings. The zero-order valence-corrected chi connectivity index (χ0v) is 12.3. The van der Waals surface area contributed by atoms with Crippen LogP contribution < -0.4 is 5.32 Å². The largest absolute Gasteiger partial charge is 0.356 e. The Kier molecular flexibility index (Phi) is 4.06. The van der Waals surface area contributed by atoms with Gasteiger partial charge in [0.05, 0.1) is 4.92 Å². The minimum absolute atomic E-state index is 0.0998. The van der Waals surface area contributed by atoms with Gasteiger partial charge in [0, 0.05) is 35.3 Å². The number of nitro benzene ring substituents is 1. The van der Waals surface area contributed by atoms with Crippen molar-refractivity contribution in [2.24, 2.45) is 0 Å². The van der Waals surface area contributed by atoms with Gasteiger partial charge in [0.25, 0.3) is 5.69 Å². The van der Waals surface area contributed by atoms with E-state index >= 15 is 0 Å². The second kappa shape index (κ2) is 6.31. The van der Waals surface area contributed by atoms with Gasteiger partial charge in [-0.3, -0.25) is 10.1 Å². The molecule has 0 bridgehead atoms. The van der Waals surface area contributed by atoms with E-state index in [9.17, 15) is 10.1 Å². The molecule has 0 atom stereocenters. The third kappa shape index (κ3) is 3.09. The van der Waals surface area contributed by atoms with Crippen molar-refractivity contribution in [2.45, 2.75) is 6.54 Å². The highest BCUT2D eigenvalue weighted by Crippen LogP contribution is 2.23. The van der Waals surface area contributed by atoms with Gasteiger partial charge in [0.15, 0.2) is 5.82 Å². The number of nitrogens with zero attached hydrogens (tertiary/aromatic N) is 3. The van der Waals surface area contributed by atoms with Crippen molar-refractivity contribution in [3.8, 4) is 11.4 Å². The number of nitro groups is 1. The van der Waals surface area contributed by atoms with Gasteiger partial charge in [0.1, 0.15) is 0 Å². The van der Waals surface area contributed by atoms with Crippen molar-refractivity contribution in [3.05, 3.63) is 70.3 Å². The topological polar surface area (TPSA) is 81.0 Å². The lowest BCUT2D eigenvalue weighted by molar-refractivity contribution is -0.385. The standard InChI is InChI=1S/C15H12N4O2S/c20-19(21)13-9-5-4-8-12(13)10-16-15-17-14(18-22-15)11-6-2-1-3-7-11/h1-9H,10H2,(H,16,17,18). The van der Waals surface area contributed by atoms with Gasteiger partial charge >= 0.3 is 0 Å². The summed E-state index contributed by atoms with van der Waals surface area (Å²) < 4.78 is 4.29. The molecule has 0 aliphatic rings. The molecule has 0 aliphatic heterocycles. The molecule has 0 amide bonds. The van der Waals surface area contributed by atoms with Crippen molar-refractivity contribution in [1.29, 1.82) is 0 Å². The zero-order valence-electron chi connectivity index (χ0n) is 11.5. The number of aromatic nitrogens is 2. The minimum atomic E-state index is -0.382. The van der Waals surface area contributed by atoms with E-state index < -0.39 is 0 Å². The number of hydrogen-bond donors (Lipinski definition) is 1. The predicted octanol–water partition coefficient (Wildman–Crippen LogP) is 3.73. The Morgan fingerprint density at radius 2 is 1.82 bits per heavy atom. The van der Waals surface area contributed by atoms with Crippen molar-refractivity contribution in [1.82, 2.24) is 9.36 Å². The summed E-state index contributed by atoms with van der Waals surface area (Å²) in [5.41, 5.74) is 1.66. The third-order valence-corrected chi connectivity index (χ3v) is 3.75. The van der Waals surface area contributed by atoms with E-state index in [4.69, 9.17) is 0 Å². The maximum Gasteiger partial charge on any atom is 0.274 e. The molecule has 1 N–H and O–H groups in total. The van der Waals surface area contributed by atoms with Crippen LogP contribution in [-0.4, -0.2) is 14.3 Å². The predicted molar refractivity (Wildman–Crippen MR) is 85.8 cm³/mol. The summed E-state index contributed by atoms with van der Waals surface area (Å²) in [4.78, 5) is 15.0. The molecule has 6 nitrogen and oxygen atoms in total. The van der Waals surface area contributed by atoms with E-state index in [-0.39, 0.29) is 10.6 Å². The molecular weight excluding hydrogens is 300 g/mol. The molecule has 0 unspecified atom stereocenters. The molecule has 1 heterocycles.